The lowest BCUT2D eigenvalue weighted by Crippen LogP contribution is -2.22. The molecule has 1 aliphatic carbocycles. The third-order valence-corrected chi connectivity index (χ3v) is 6.13. The van der Waals surface area contributed by atoms with Gasteiger partial charge < -0.3 is 10.3 Å². The molecule has 0 spiro atoms. The molecular formula is C20H22N4O2S. The minimum Gasteiger partial charge on any atom is -0.355 e. The molecule has 4 rings (SSSR count). The molecule has 27 heavy (non-hydrogen) atoms. The zero-order valence-electron chi connectivity index (χ0n) is 15.5. The molecule has 2 aromatic heterocycles. The number of aryl methyl sites for hydroxylation is 2. The van der Waals surface area contributed by atoms with Gasteiger partial charge in [-0.2, -0.15) is 0 Å². The van der Waals surface area contributed by atoms with Crippen molar-refractivity contribution in [2.75, 3.05) is 14.1 Å². The fourth-order valence-electron chi connectivity index (χ4n) is 3.65. The number of H-pyrrole nitrogens is 1. The molecule has 2 heterocycles. The summed E-state index contributed by atoms with van der Waals surface area (Å²) in [6, 6.07) is 7.54. The van der Waals surface area contributed by atoms with E-state index in [9.17, 15) is 9.59 Å². The minimum atomic E-state index is -0.0900. The minimum absolute atomic E-state index is 0.0160. The normalized spacial score (nSPS) is 13.3. The molecule has 0 saturated heterocycles. The second kappa shape index (κ2) is 7.25. The molecule has 0 bridgehead atoms. The molecule has 0 saturated carbocycles. The molecule has 2 N–H and O–H groups in total. The van der Waals surface area contributed by atoms with Crippen LogP contribution in [-0.4, -0.2) is 34.9 Å². The average Bonchev–Trinajstić information content (AvgIpc) is 3.22. The first kappa shape index (κ1) is 17.9. The van der Waals surface area contributed by atoms with Gasteiger partial charge in [0.05, 0.1) is 11.9 Å². The number of nitrogens with one attached hydrogen (secondary N) is 2. The van der Waals surface area contributed by atoms with Gasteiger partial charge in [-0.05, 0) is 49.6 Å². The summed E-state index contributed by atoms with van der Waals surface area (Å²) < 4.78 is 0. The van der Waals surface area contributed by atoms with Gasteiger partial charge in [-0.15, -0.1) is 11.3 Å². The highest BCUT2D eigenvalue weighted by molar-refractivity contribution is 7.18. The summed E-state index contributed by atoms with van der Waals surface area (Å²) in [5.74, 6) is 0.602. The van der Waals surface area contributed by atoms with E-state index in [0.717, 1.165) is 35.0 Å². The Hall–Kier alpha value is -2.51. The Bertz CT molecular complexity index is 1050. The van der Waals surface area contributed by atoms with Crippen molar-refractivity contribution in [1.29, 1.82) is 0 Å². The molecule has 140 valence electrons. The van der Waals surface area contributed by atoms with Crippen LogP contribution < -0.4 is 10.9 Å². The van der Waals surface area contributed by atoms with Crippen molar-refractivity contribution in [2.45, 2.75) is 32.4 Å². The van der Waals surface area contributed by atoms with E-state index in [2.05, 4.69) is 15.2 Å². The first-order chi connectivity index (χ1) is 13.0. The quantitative estimate of drug-likeness (QED) is 0.711. The molecule has 0 fully saturated rings. The largest absolute Gasteiger partial charge is 0.355 e. The van der Waals surface area contributed by atoms with Crippen molar-refractivity contribution in [3.63, 3.8) is 0 Å². The molecular weight excluding hydrogens is 360 g/mol. The average molecular weight is 382 g/mol. The van der Waals surface area contributed by atoms with Crippen LogP contribution >= 0.6 is 11.3 Å². The predicted octanol–water partition coefficient (Wildman–Crippen LogP) is 2.46. The van der Waals surface area contributed by atoms with Crippen LogP contribution in [0.25, 0.3) is 10.2 Å². The van der Waals surface area contributed by atoms with Crippen LogP contribution in [-0.2, 0) is 25.9 Å². The molecule has 0 unspecified atom stereocenters. The fraction of sp³-hybridized carbons (Fsp3) is 0.350. The second-order valence-corrected chi connectivity index (χ2v) is 8.08. The first-order valence-corrected chi connectivity index (χ1v) is 9.90. The first-order valence-electron chi connectivity index (χ1n) is 9.08. The van der Waals surface area contributed by atoms with Crippen LogP contribution in [0.2, 0.25) is 0 Å². The van der Waals surface area contributed by atoms with Gasteiger partial charge in [0, 0.05) is 24.0 Å². The summed E-state index contributed by atoms with van der Waals surface area (Å²) in [5.41, 5.74) is 2.94. The molecule has 0 atom stereocenters. The topological polar surface area (TPSA) is 78.1 Å². The Morgan fingerprint density at radius 3 is 2.78 bits per heavy atom. The van der Waals surface area contributed by atoms with E-state index < -0.39 is 0 Å². The number of nitrogens with zero attached hydrogens (tertiary/aromatic N) is 2. The molecule has 0 aliphatic heterocycles. The fourth-order valence-corrected chi connectivity index (χ4v) is 4.93. The standard InChI is InChI=1S/C20H22N4O2S/c1-21-18(25)13-8-6-12(7-9-13)10-24(2)11-16-22-19(26)17-14-4-3-5-15(14)27-20(17)23-16/h6-9H,3-5,10-11H2,1-2H3,(H,21,25)(H,22,23,26). The van der Waals surface area contributed by atoms with Crippen LogP contribution in [0.1, 0.15) is 38.6 Å². The second-order valence-electron chi connectivity index (χ2n) is 7.00. The molecule has 7 heteroatoms. The van der Waals surface area contributed by atoms with Gasteiger partial charge in [0.25, 0.3) is 11.5 Å². The van der Waals surface area contributed by atoms with Crippen LogP contribution in [0.4, 0.5) is 0 Å². The summed E-state index contributed by atoms with van der Waals surface area (Å²) >= 11 is 1.66. The van der Waals surface area contributed by atoms with Crippen molar-refractivity contribution >= 4 is 27.5 Å². The van der Waals surface area contributed by atoms with Crippen molar-refractivity contribution in [3.05, 3.63) is 62.0 Å². The van der Waals surface area contributed by atoms with Crippen molar-refractivity contribution < 1.29 is 4.79 Å². The molecule has 1 aromatic carbocycles. The number of carbonyl (C=O) groups excluding carboxylic acids is 1. The number of thiophene rings is 1. The monoisotopic (exact) mass is 382 g/mol. The molecule has 1 amide bonds. The third-order valence-electron chi connectivity index (χ3n) is 4.94. The van der Waals surface area contributed by atoms with E-state index in [1.807, 2.05) is 31.3 Å². The Labute approximate surface area is 161 Å². The van der Waals surface area contributed by atoms with Crippen LogP contribution in [0.3, 0.4) is 0 Å². The van der Waals surface area contributed by atoms with Gasteiger partial charge in [-0.3, -0.25) is 14.5 Å². The highest BCUT2D eigenvalue weighted by Crippen LogP contribution is 2.34. The molecule has 3 aromatic rings. The predicted molar refractivity (Wildman–Crippen MR) is 107 cm³/mol. The van der Waals surface area contributed by atoms with Crippen molar-refractivity contribution in [3.8, 4) is 0 Å². The Morgan fingerprint density at radius 1 is 1.26 bits per heavy atom. The lowest BCUT2D eigenvalue weighted by molar-refractivity contribution is 0.0963. The number of hydrogen-bond donors (Lipinski definition) is 2. The number of hydrogen-bond acceptors (Lipinski definition) is 5. The maximum atomic E-state index is 12.5. The van der Waals surface area contributed by atoms with Crippen LogP contribution in [0.5, 0.6) is 0 Å². The van der Waals surface area contributed by atoms with Gasteiger partial charge >= 0.3 is 0 Å². The van der Waals surface area contributed by atoms with E-state index in [0.29, 0.717) is 24.5 Å². The van der Waals surface area contributed by atoms with E-state index in [1.165, 1.54) is 10.4 Å². The number of aromatic amines is 1. The smallest absolute Gasteiger partial charge is 0.259 e. The summed E-state index contributed by atoms with van der Waals surface area (Å²) in [4.78, 5) is 36.1. The van der Waals surface area contributed by atoms with E-state index in [4.69, 9.17) is 4.98 Å². The van der Waals surface area contributed by atoms with Crippen LogP contribution in [0.15, 0.2) is 29.1 Å². The van der Waals surface area contributed by atoms with E-state index in [1.54, 1.807) is 18.4 Å². The maximum Gasteiger partial charge on any atom is 0.259 e. The number of fused-ring (bicyclic) bond motifs is 3. The van der Waals surface area contributed by atoms with Gasteiger partial charge in [0.15, 0.2) is 0 Å². The van der Waals surface area contributed by atoms with Gasteiger partial charge in [-0.25, -0.2) is 4.98 Å². The molecule has 0 radical (unpaired) electrons. The van der Waals surface area contributed by atoms with Crippen molar-refractivity contribution in [1.82, 2.24) is 20.2 Å². The number of amides is 1. The highest BCUT2D eigenvalue weighted by Gasteiger charge is 2.21. The summed E-state index contributed by atoms with van der Waals surface area (Å²) in [6.45, 7) is 1.27. The number of benzene rings is 1. The summed E-state index contributed by atoms with van der Waals surface area (Å²) in [6.07, 6.45) is 3.20. The van der Waals surface area contributed by atoms with Gasteiger partial charge in [0.2, 0.25) is 0 Å². The lowest BCUT2D eigenvalue weighted by Gasteiger charge is -2.16. The Balaban J connectivity index is 1.49. The van der Waals surface area contributed by atoms with Gasteiger partial charge in [-0.1, -0.05) is 12.1 Å². The lowest BCUT2D eigenvalue weighted by atomic mass is 10.1. The van der Waals surface area contributed by atoms with Crippen molar-refractivity contribution in [2.24, 2.45) is 0 Å². The molecule has 6 nitrogen and oxygen atoms in total. The van der Waals surface area contributed by atoms with E-state index >= 15 is 0 Å². The summed E-state index contributed by atoms with van der Waals surface area (Å²) in [7, 11) is 3.61. The SMILES string of the molecule is CNC(=O)c1ccc(CN(C)Cc2nc3sc4c(c3c(=O)[nH]2)CCC4)cc1. The summed E-state index contributed by atoms with van der Waals surface area (Å²) in [5, 5.41) is 3.41. The number of carbonyl (C=O) groups is 1. The van der Waals surface area contributed by atoms with Crippen LogP contribution in [0, 0.1) is 0 Å². The zero-order chi connectivity index (χ0) is 19.0. The Kier molecular flexibility index (Phi) is 4.80. The maximum absolute atomic E-state index is 12.5. The highest BCUT2D eigenvalue weighted by atomic mass is 32.1. The van der Waals surface area contributed by atoms with E-state index in [-0.39, 0.29) is 11.5 Å². The zero-order valence-corrected chi connectivity index (χ0v) is 16.3. The van der Waals surface area contributed by atoms with Gasteiger partial charge in [0.1, 0.15) is 10.7 Å². The number of rotatable bonds is 5. The Morgan fingerprint density at radius 2 is 2.04 bits per heavy atom. The molecule has 1 aliphatic rings. The third kappa shape index (κ3) is 3.52. The number of aromatic nitrogens is 2.